The van der Waals surface area contributed by atoms with E-state index in [9.17, 15) is 4.39 Å². The van der Waals surface area contributed by atoms with Gasteiger partial charge >= 0.3 is 0 Å². The zero-order chi connectivity index (χ0) is 13.8. The minimum absolute atomic E-state index is 0.101. The van der Waals surface area contributed by atoms with Crippen molar-refractivity contribution in [3.05, 3.63) is 68.4 Å². The predicted molar refractivity (Wildman–Crippen MR) is 83.7 cm³/mol. The lowest BCUT2D eigenvalue weighted by atomic mass is 9.99. The molecule has 1 atom stereocenters. The summed E-state index contributed by atoms with van der Waals surface area (Å²) >= 11 is 6.69. The van der Waals surface area contributed by atoms with Crippen molar-refractivity contribution in [3.8, 4) is 0 Å². The number of hydrogen-bond donors (Lipinski definition) is 1. The van der Waals surface area contributed by atoms with E-state index in [2.05, 4.69) is 37.2 Å². The molecule has 0 saturated heterocycles. The average Bonchev–Trinajstić information content (AvgIpc) is 2.39. The molecule has 0 amide bonds. The summed E-state index contributed by atoms with van der Waals surface area (Å²) in [4.78, 5) is 0. The summed E-state index contributed by atoms with van der Waals surface area (Å²) in [6.45, 7) is 0. The maximum absolute atomic E-state index is 13.9. The molecule has 2 rings (SSSR count). The van der Waals surface area contributed by atoms with Gasteiger partial charge in [0.1, 0.15) is 5.82 Å². The molecule has 0 aromatic heterocycles. The average molecular weight is 387 g/mol. The summed E-state index contributed by atoms with van der Waals surface area (Å²) < 4.78 is 15.7. The Morgan fingerprint density at radius 3 is 2.26 bits per heavy atom. The molecule has 19 heavy (non-hydrogen) atoms. The van der Waals surface area contributed by atoms with Crippen LogP contribution in [0.2, 0.25) is 0 Å². The fraction of sp³-hybridized carbons (Fsp3) is 0.200. The molecule has 2 aromatic carbocycles. The summed E-state index contributed by atoms with van der Waals surface area (Å²) in [6, 6.07) is 13.4. The molecule has 4 heteroatoms. The first-order chi connectivity index (χ1) is 9.10. The third-order valence-electron chi connectivity index (χ3n) is 3.06. The third-order valence-corrected chi connectivity index (χ3v) is 4.08. The Morgan fingerprint density at radius 2 is 1.68 bits per heavy atom. The van der Waals surface area contributed by atoms with Gasteiger partial charge in [-0.25, -0.2) is 4.39 Å². The van der Waals surface area contributed by atoms with Crippen molar-refractivity contribution in [2.75, 3.05) is 7.05 Å². The van der Waals surface area contributed by atoms with E-state index in [-0.39, 0.29) is 11.9 Å². The smallest absolute Gasteiger partial charge is 0.127 e. The highest BCUT2D eigenvalue weighted by atomic mass is 79.9. The van der Waals surface area contributed by atoms with Crippen LogP contribution >= 0.6 is 31.9 Å². The molecular formula is C15H14Br2FN. The van der Waals surface area contributed by atoms with Gasteiger partial charge in [0, 0.05) is 15.0 Å². The lowest BCUT2D eigenvalue weighted by molar-refractivity contribution is 0.554. The van der Waals surface area contributed by atoms with Crippen molar-refractivity contribution in [3.63, 3.8) is 0 Å². The minimum Gasteiger partial charge on any atom is -0.313 e. The van der Waals surface area contributed by atoms with Crippen LogP contribution in [-0.4, -0.2) is 7.05 Å². The van der Waals surface area contributed by atoms with E-state index >= 15 is 0 Å². The van der Waals surface area contributed by atoms with Crippen LogP contribution in [-0.2, 0) is 6.42 Å². The highest BCUT2D eigenvalue weighted by Gasteiger charge is 2.13. The van der Waals surface area contributed by atoms with Gasteiger partial charge in [0.05, 0.1) is 0 Å². The van der Waals surface area contributed by atoms with E-state index in [0.29, 0.717) is 12.0 Å². The van der Waals surface area contributed by atoms with Crippen molar-refractivity contribution in [1.29, 1.82) is 0 Å². The van der Waals surface area contributed by atoms with Crippen LogP contribution in [0.5, 0.6) is 0 Å². The first-order valence-electron chi connectivity index (χ1n) is 5.97. The van der Waals surface area contributed by atoms with Crippen LogP contribution in [0.25, 0.3) is 0 Å². The van der Waals surface area contributed by atoms with E-state index in [1.165, 1.54) is 6.07 Å². The summed E-state index contributed by atoms with van der Waals surface area (Å²) in [5, 5.41) is 3.23. The Bertz CT molecular complexity index is 555. The molecule has 0 bridgehead atoms. The van der Waals surface area contributed by atoms with E-state index < -0.39 is 0 Å². The number of hydrogen-bond acceptors (Lipinski definition) is 1. The summed E-state index contributed by atoms with van der Waals surface area (Å²) in [5.41, 5.74) is 1.86. The third kappa shape index (κ3) is 3.88. The molecule has 0 fully saturated rings. The van der Waals surface area contributed by atoms with Crippen molar-refractivity contribution < 1.29 is 4.39 Å². The van der Waals surface area contributed by atoms with Crippen LogP contribution in [0.3, 0.4) is 0 Å². The Hall–Kier alpha value is -0.710. The van der Waals surface area contributed by atoms with Gasteiger partial charge in [0.25, 0.3) is 0 Å². The monoisotopic (exact) mass is 385 g/mol. The second-order valence-electron chi connectivity index (χ2n) is 4.33. The lowest BCUT2D eigenvalue weighted by Crippen LogP contribution is -2.19. The SMILES string of the molecule is CNC(Cc1ccc(Br)cc1F)c1ccc(Br)cc1. The lowest BCUT2D eigenvalue weighted by Gasteiger charge is -2.17. The highest BCUT2D eigenvalue weighted by Crippen LogP contribution is 2.23. The molecule has 0 aliphatic carbocycles. The molecule has 0 radical (unpaired) electrons. The van der Waals surface area contributed by atoms with Gasteiger partial charge < -0.3 is 5.32 Å². The Labute approximate surface area is 129 Å². The van der Waals surface area contributed by atoms with Gasteiger partial charge in [-0.2, -0.15) is 0 Å². The molecular weight excluding hydrogens is 373 g/mol. The summed E-state index contributed by atoms with van der Waals surface area (Å²) in [7, 11) is 1.89. The molecule has 0 spiro atoms. The summed E-state index contributed by atoms with van der Waals surface area (Å²) in [5.74, 6) is -0.174. The summed E-state index contributed by atoms with van der Waals surface area (Å²) in [6.07, 6.45) is 0.622. The molecule has 0 aliphatic heterocycles. The van der Waals surface area contributed by atoms with Gasteiger partial charge in [-0.05, 0) is 48.9 Å². The van der Waals surface area contributed by atoms with Crippen molar-refractivity contribution in [2.45, 2.75) is 12.5 Å². The molecule has 2 aromatic rings. The quantitative estimate of drug-likeness (QED) is 0.791. The fourth-order valence-electron chi connectivity index (χ4n) is 1.99. The van der Waals surface area contributed by atoms with Gasteiger partial charge in [0.2, 0.25) is 0 Å². The zero-order valence-corrected chi connectivity index (χ0v) is 13.6. The molecule has 1 N–H and O–H groups in total. The van der Waals surface area contributed by atoms with Crippen molar-refractivity contribution in [1.82, 2.24) is 5.32 Å². The first-order valence-corrected chi connectivity index (χ1v) is 7.55. The number of halogens is 3. The number of benzene rings is 2. The molecule has 1 unspecified atom stereocenters. The van der Waals surface area contributed by atoms with Crippen LogP contribution in [0.1, 0.15) is 17.2 Å². The predicted octanol–water partition coefficient (Wildman–Crippen LogP) is 4.85. The van der Waals surface area contributed by atoms with Crippen LogP contribution in [0, 0.1) is 5.82 Å². The molecule has 1 nitrogen and oxygen atoms in total. The number of nitrogens with one attached hydrogen (secondary N) is 1. The fourth-order valence-corrected chi connectivity index (χ4v) is 2.59. The maximum Gasteiger partial charge on any atom is 0.127 e. The van der Waals surface area contributed by atoms with Crippen molar-refractivity contribution in [2.24, 2.45) is 0 Å². The van der Waals surface area contributed by atoms with Gasteiger partial charge in [-0.1, -0.05) is 50.1 Å². The standard InChI is InChI=1S/C15H14Br2FN/c1-19-15(10-2-5-12(16)6-3-10)8-11-4-7-13(17)9-14(11)18/h2-7,9,15,19H,8H2,1H3. The van der Waals surface area contributed by atoms with Crippen LogP contribution < -0.4 is 5.32 Å². The topological polar surface area (TPSA) is 12.0 Å². The normalized spacial score (nSPS) is 12.4. The van der Waals surface area contributed by atoms with E-state index in [1.54, 1.807) is 0 Å². The molecule has 0 saturated carbocycles. The van der Waals surface area contributed by atoms with Gasteiger partial charge in [-0.3, -0.25) is 0 Å². The first kappa shape index (κ1) is 14.7. The van der Waals surface area contributed by atoms with Crippen LogP contribution in [0.4, 0.5) is 4.39 Å². The van der Waals surface area contributed by atoms with Crippen molar-refractivity contribution >= 4 is 31.9 Å². The van der Waals surface area contributed by atoms with Crippen LogP contribution in [0.15, 0.2) is 51.4 Å². The maximum atomic E-state index is 13.9. The van der Waals surface area contributed by atoms with E-state index in [0.717, 1.165) is 14.5 Å². The zero-order valence-electron chi connectivity index (χ0n) is 10.5. The Balaban J connectivity index is 2.21. The number of rotatable bonds is 4. The van der Waals surface area contributed by atoms with E-state index in [1.807, 2.05) is 43.4 Å². The largest absolute Gasteiger partial charge is 0.313 e. The van der Waals surface area contributed by atoms with E-state index in [4.69, 9.17) is 0 Å². The molecule has 0 heterocycles. The van der Waals surface area contributed by atoms with Gasteiger partial charge in [-0.15, -0.1) is 0 Å². The number of likely N-dealkylation sites (N-methyl/N-ethyl adjacent to an activating group) is 1. The van der Waals surface area contributed by atoms with Gasteiger partial charge in [0.15, 0.2) is 0 Å². The molecule has 100 valence electrons. The Kier molecular flexibility index (Phi) is 5.13. The highest BCUT2D eigenvalue weighted by molar-refractivity contribution is 9.10. The second-order valence-corrected chi connectivity index (χ2v) is 6.16. The minimum atomic E-state index is -0.174. The molecule has 0 aliphatic rings. The Morgan fingerprint density at radius 1 is 1.05 bits per heavy atom. The second kappa shape index (κ2) is 6.64.